The molecule has 0 heterocycles. The molecule has 0 aromatic rings. The summed E-state index contributed by atoms with van der Waals surface area (Å²) in [7, 11) is 0.924. The Morgan fingerprint density at radius 3 is 1.69 bits per heavy atom. The number of hydrogen-bond acceptors (Lipinski definition) is 3. The van der Waals surface area contributed by atoms with E-state index in [2.05, 4.69) is 0 Å². The van der Waals surface area contributed by atoms with Gasteiger partial charge in [-0.25, -0.2) is 0 Å². The molecule has 3 N–H and O–H groups in total. The molecule has 0 aliphatic rings. The molecule has 7 heteroatoms. The van der Waals surface area contributed by atoms with Gasteiger partial charge in [-0.1, -0.05) is 0 Å². The molecule has 0 bridgehead atoms. The SMILES string of the molecule is C[N+](CCC(=O)O)(C(=O)O)C(=O)O. The van der Waals surface area contributed by atoms with E-state index in [-0.39, 0.29) is 0 Å². The lowest BCUT2D eigenvalue weighted by atomic mass is 10.3. The van der Waals surface area contributed by atoms with E-state index in [0.717, 1.165) is 7.05 Å². The van der Waals surface area contributed by atoms with Gasteiger partial charge in [0.2, 0.25) is 0 Å². The minimum absolute atomic E-state index is 0.486. The smallest absolute Gasteiger partial charge is 0.481 e. The second kappa shape index (κ2) is 3.85. The first-order chi connectivity index (χ1) is 5.80. The first kappa shape index (κ1) is 11.4. The van der Waals surface area contributed by atoms with E-state index in [1.165, 1.54) is 0 Å². The molecule has 7 nitrogen and oxygen atoms in total. The molecule has 0 saturated carbocycles. The van der Waals surface area contributed by atoms with Gasteiger partial charge >= 0.3 is 18.2 Å². The van der Waals surface area contributed by atoms with Crippen LogP contribution in [0.4, 0.5) is 9.59 Å². The first-order valence-electron chi connectivity index (χ1n) is 3.35. The van der Waals surface area contributed by atoms with Crippen molar-refractivity contribution in [2.45, 2.75) is 6.42 Å². The minimum atomic E-state index is -1.59. The highest BCUT2D eigenvalue weighted by molar-refractivity contribution is 5.74. The molecule has 13 heavy (non-hydrogen) atoms. The van der Waals surface area contributed by atoms with Gasteiger partial charge in [-0.05, 0) is 0 Å². The van der Waals surface area contributed by atoms with E-state index in [9.17, 15) is 14.4 Å². The van der Waals surface area contributed by atoms with Crippen molar-refractivity contribution >= 4 is 18.2 Å². The lowest BCUT2D eigenvalue weighted by molar-refractivity contribution is -0.762. The molecule has 0 aliphatic heterocycles. The van der Waals surface area contributed by atoms with Gasteiger partial charge in [-0.15, -0.1) is 4.48 Å². The van der Waals surface area contributed by atoms with Crippen molar-refractivity contribution in [2.24, 2.45) is 0 Å². The van der Waals surface area contributed by atoms with Crippen molar-refractivity contribution in [1.82, 2.24) is 0 Å². The Morgan fingerprint density at radius 2 is 1.46 bits per heavy atom. The highest BCUT2D eigenvalue weighted by atomic mass is 16.4. The number of carboxylic acids is 1. The van der Waals surface area contributed by atoms with Crippen LogP contribution in [0.15, 0.2) is 0 Å². The molecule has 0 saturated heterocycles. The fourth-order valence-corrected chi connectivity index (χ4v) is 0.592. The zero-order valence-electron chi connectivity index (χ0n) is 6.93. The Labute approximate surface area is 73.4 Å². The monoisotopic (exact) mass is 192 g/mol. The van der Waals surface area contributed by atoms with Crippen molar-refractivity contribution in [3.63, 3.8) is 0 Å². The van der Waals surface area contributed by atoms with Gasteiger partial charge in [0.15, 0.2) is 0 Å². The van der Waals surface area contributed by atoms with Gasteiger partial charge in [-0.3, -0.25) is 4.79 Å². The van der Waals surface area contributed by atoms with Crippen molar-refractivity contribution in [2.75, 3.05) is 13.6 Å². The maximum absolute atomic E-state index is 10.5. The second-order valence-corrected chi connectivity index (χ2v) is 2.62. The minimum Gasteiger partial charge on any atom is -0.481 e. The quantitative estimate of drug-likeness (QED) is 0.553. The molecular formula is C6H10NO6+. The number of imide groups is 1. The summed E-state index contributed by atoms with van der Waals surface area (Å²) in [6.45, 7) is -0.486. The van der Waals surface area contributed by atoms with Crippen molar-refractivity contribution in [1.29, 1.82) is 0 Å². The van der Waals surface area contributed by atoms with Crippen LogP contribution < -0.4 is 0 Å². The largest absolute Gasteiger partial charge is 0.524 e. The van der Waals surface area contributed by atoms with Gasteiger partial charge in [0, 0.05) is 0 Å². The molecule has 0 radical (unpaired) electrons. The molecule has 0 unspecified atom stereocenters. The lowest BCUT2D eigenvalue weighted by Gasteiger charge is -2.19. The Bertz CT molecular complexity index is 234. The zero-order chi connectivity index (χ0) is 10.6. The topological polar surface area (TPSA) is 112 Å². The van der Waals surface area contributed by atoms with Crippen LogP contribution in [0.25, 0.3) is 0 Å². The number of carboxylic acid groups (broad SMARTS) is 3. The molecule has 74 valence electrons. The van der Waals surface area contributed by atoms with Crippen LogP contribution in [0.5, 0.6) is 0 Å². The summed E-state index contributed by atoms with van der Waals surface area (Å²) >= 11 is 0. The molecule has 0 aromatic carbocycles. The second-order valence-electron chi connectivity index (χ2n) is 2.62. The van der Waals surface area contributed by atoms with Gasteiger partial charge in [0.25, 0.3) is 0 Å². The number of amides is 2. The fourth-order valence-electron chi connectivity index (χ4n) is 0.592. The highest BCUT2D eigenvalue weighted by Gasteiger charge is 2.41. The molecule has 0 rings (SSSR count). The van der Waals surface area contributed by atoms with Crippen LogP contribution in [0.1, 0.15) is 6.42 Å². The van der Waals surface area contributed by atoms with Gasteiger partial charge < -0.3 is 15.3 Å². The molecule has 2 amide bonds. The number of quaternary nitrogens is 1. The predicted molar refractivity (Wildman–Crippen MR) is 39.4 cm³/mol. The molecule has 0 aliphatic carbocycles. The van der Waals surface area contributed by atoms with Crippen LogP contribution in [0.2, 0.25) is 0 Å². The maximum atomic E-state index is 10.5. The number of carbonyl (C=O) groups is 3. The van der Waals surface area contributed by atoms with E-state index < -0.39 is 35.6 Å². The summed E-state index contributed by atoms with van der Waals surface area (Å²) in [5, 5.41) is 25.3. The summed E-state index contributed by atoms with van der Waals surface area (Å²) in [5.74, 6) is -1.23. The van der Waals surface area contributed by atoms with E-state index in [0.29, 0.717) is 0 Å². The van der Waals surface area contributed by atoms with E-state index in [1.54, 1.807) is 0 Å². The number of aliphatic carboxylic acids is 1. The van der Waals surface area contributed by atoms with Crippen LogP contribution in [-0.2, 0) is 4.79 Å². The Hall–Kier alpha value is -1.63. The van der Waals surface area contributed by atoms with Crippen LogP contribution in [0.3, 0.4) is 0 Å². The fraction of sp³-hybridized carbons (Fsp3) is 0.500. The summed E-state index contributed by atoms with van der Waals surface area (Å²) in [5.41, 5.74) is 0. The lowest BCUT2D eigenvalue weighted by Crippen LogP contribution is -2.53. The molecular weight excluding hydrogens is 182 g/mol. The van der Waals surface area contributed by atoms with Crippen molar-refractivity contribution < 1.29 is 34.2 Å². The Morgan fingerprint density at radius 1 is 1.08 bits per heavy atom. The van der Waals surface area contributed by atoms with Crippen LogP contribution >= 0.6 is 0 Å². The summed E-state index contributed by atoms with van der Waals surface area (Å²) in [4.78, 5) is 31.0. The van der Waals surface area contributed by atoms with E-state index in [4.69, 9.17) is 15.3 Å². The molecule has 0 atom stereocenters. The van der Waals surface area contributed by atoms with Crippen LogP contribution in [0, 0.1) is 0 Å². The predicted octanol–water partition coefficient (Wildman–Crippen LogP) is 0.264. The third-order valence-corrected chi connectivity index (χ3v) is 1.62. The highest BCUT2D eigenvalue weighted by Crippen LogP contribution is 2.05. The molecule has 0 aromatic heterocycles. The van der Waals surface area contributed by atoms with Crippen molar-refractivity contribution in [3.05, 3.63) is 0 Å². The average molecular weight is 192 g/mol. The standard InChI is InChI=1S/C6H9NO6/c1-7(5(10)11,6(12)13)3-2-4(8)9/h2-3H2,1H3,(H2-,8,9,10,11,12,13)/p+1. The summed E-state index contributed by atoms with van der Waals surface area (Å²) < 4.78 is -1.34. The van der Waals surface area contributed by atoms with E-state index >= 15 is 0 Å². The Balaban J connectivity index is 4.52. The molecule has 0 fully saturated rings. The first-order valence-corrected chi connectivity index (χ1v) is 3.35. The normalized spacial score (nSPS) is 10.8. The Kier molecular flexibility index (Phi) is 3.37. The average Bonchev–Trinajstić information content (AvgIpc) is 1.99. The molecule has 0 spiro atoms. The third kappa shape index (κ3) is 2.71. The van der Waals surface area contributed by atoms with Gasteiger partial charge in [0.05, 0.1) is 13.5 Å². The summed E-state index contributed by atoms with van der Waals surface area (Å²) in [6, 6.07) is 0. The van der Waals surface area contributed by atoms with Gasteiger partial charge in [0.1, 0.15) is 6.54 Å². The zero-order valence-corrected chi connectivity index (χ0v) is 6.93. The third-order valence-electron chi connectivity index (χ3n) is 1.62. The summed E-state index contributed by atoms with van der Waals surface area (Å²) in [6.07, 6.45) is -3.68. The van der Waals surface area contributed by atoms with Crippen LogP contribution in [-0.4, -0.2) is 51.6 Å². The van der Waals surface area contributed by atoms with E-state index in [1.807, 2.05) is 0 Å². The van der Waals surface area contributed by atoms with Gasteiger partial charge in [-0.2, -0.15) is 9.59 Å². The van der Waals surface area contributed by atoms with Crippen molar-refractivity contribution in [3.8, 4) is 0 Å². The number of nitrogens with zero attached hydrogens (tertiary/aromatic N) is 1. The maximum Gasteiger partial charge on any atom is 0.524 e. The number of rotatable bonds is 3. The number of hydrogen-bond donors (Lipinski definition) is 3.